The lowest BCUT2D eigenvalue weighted by Crippen LogP contribution is -2.36. The summed E-state index contributed by atoms with van der Waals surface area (Å²) in [7, 11) is 1.53. The molecule has 1 saturated heterocycles. The molecular formula is C18H30N4O2. The maximum absolute atomic E-state index is 11.8. The Balaban J connectivity index is 1.54. The molecule has 0 spiro atoms. The molecule has 2 heterocycles. The highest BCUT2D eigenvalue weighted by Gasteiger charge is 2.26. The first-order valence-corrected chi connectivity index (χ1v) is 9.30. The maximum Gasteiger partial charge on any atom is 0.250 e. The summed E-state index contributed by atoms with van der Waals surface area (Å²) < 4.78 is 4.88. The summed E-state index contributed by atoms with van der Waals surface area (Å²) in [6, 6.07) is 0. The van der Waals surface area contributed by atoms with Gasteiger partial charge in [0.05, 0.1) is 17.6 Å². The smallest absolute Gasteiger partial charge is 0.250 e. The van der Waals surface area contributed by atoms with E-state index in [0.717, 1.165) is 30.3 Å². The Bertz CT molecular complexity index is 525. The predicted molar refractivity (Wildman–Crippen MR) is 94.1 cm³/mol. The van der Waals surface area contributed by atoms with Crippen LogP contribution in [-0.4, -0.2) is 54.4 Å². The van der Waals surface area contributed by atoms with Gasteiger partial charge in [-0.05, 0) is 38.3 Å². The Morgan fingerprint density at radius 2 is 2.21 bits per heavy atom. The second-order valence-electron chi connectivity index (χ2n) is 7.26. The van der Waals surface area contributed by atoms with E-state index in [1.165, 1.54) is 58.7 Å². The van der Waals surface area contributed by atoms with Gasteiger partial charge in [0.1, 0.15) is 6.61 Å². The number of H-pyrrole nitrogens is 1. The molecule has 3 rings (SSSR count). The molecule has 1 unspecified atom stereocenters. The van der Waals surface area contributed by atoms with Crippen LogP contribution in [0.5, 0.6) is 0 Å². The molecule has 24 heavy (non-hydrogen) atoms. The van der Waals surface area contributed by atoms with Crippen LogP contribution in [0, 0.1) is 5.92 Å². The number of methoxy groups -OCH3 is 1. The number of carbonyl (C=O) groups is 1. The summed E-state index contributed by atoms with van der Waals surface area (Å²) >= 11 is 0. The van der Waals surface area contributed by atoms with Crippen LogP contribution in [-0.2, 0) is 9.53 Å². The van der Waals surface area contributed by atoms with E-state index in [1.807, 2.05) is 0 Å². The van der Waals surface area contributed by atoms with Crippen LogP contribution in [0.1, 0.15) is 56.6 Å². The summed E-state index contributed by atoms with van der Waals surface area (Å²) in [5.74, 6) is 1.23. The van der Waals surface area contributed by atoms with Crippen LogP contribution >= 0.6 is 0 Å². The molecule has 1 amide bonds. The van der Waals surface area contributed by atoms with Crippen molar-refractivity contribution in [2.24, 2.45) is 5.92 Å². The van der Waals surface area contributed by atoms with Crippen molar-refractivity contribution in [1.82, 2.24) is 15.1 Å². The molecule has 1 atom stereocenters. The molecule has 1 aliphatic carbocycles. The number of anilines is 1. The molecule has 1 aliphatic heterocycles. The molecule has 2 aliphatic rings. The zero-order chi connectivity index (χ0) is 16.8. The number of nitrogens with one attached hydrogen (secondary N) is 2. The van der Waals surface area contributed by atoms with E-state index in [9.17, 15) is 4.79 Å². The Hall–Kier alpha value is -1.40. The topological polar surface area (TPSA) is 70.2 Å². The number of rotatable bonds is 7. The van der Waals surface area contributed by atoms with Gasteiger partial charge in [0.25, 0.3) is 0 Å². The third-order valence-corrected chi connectivity index (χ3v) is 5.46. The van der Waals surface area contributed by atoms with Crippen LogP contribution < -0.4 is 5.32 Å². The highest BCUT2D eigenvalue weighted by Crippen LogP contribution is 2.32. The zero-order valence-electron chi connectivity index (χ0n) is 14.7. The van der Waals surface area contributed by atoms with E-state index >= 15 is 0 Å². The van der Waals surface area contributed by atoms with Crippen molar-refractivity contribution in [2.45, 2.75) is 50.9 Å². The van der Waals surface area contributed by atoms with Gasteiger partial charge in [0.15, 0.2) is 0 Å². The standard InChI is InChI=1S/C18H30N4O2/c1-24-13-17(23)20-16-11-19-21-18(16)15-7-4-9-22(12-15)10-8-14-5-2-3-6-14/h11,14-15H,2-10,12-13H2,1H3,(H,19,21)(H,20,23). The second-order valence-corrected chi connectivity index (χ2v) is 7.26. The Morgan fingerprint density at radius 3 is 3.00 bits per heavy atom. The number of piperidine rings is 1. The van der Waals surface area contributed by atoms with Crippen molar-refractivity contribution >= 4 is 11.6 Å². The van der Waals surface area contributed by atoms with Crippen LogP contribution in [0.3, 0.4) is 0 Å². The minimum atomic E-state index is -0.131. The van der Waals surface area contributed by atoms with Gasteiger partial charge in [-0.3, -0.25) is 9.89 Å². The first-order chi connectivity index (χ1) is 11.8. The number of hydrogen-bond donors (Lipinski definition) is 2. The number of carbonyl (C=O) groups excluding carboxylic acids is 1. The molecule has 2 N–H and O–H groups in total. The van der Waals surface area contributed by atoms with Crippen LogP contribution in [0.4, 0.5) is 5.69 Å². The molecule has 0 bridgehead atoms. The van der Waals surface area contributed by atoms with Gasteiger partial charge >= 0.3 is 0 Å². The third kappa shape index (κ3) is 4.57. The molecule has 0 aromatic carbocycles. The van der Waals surface area contributed by atoms with Gasteiger partial charge in [-0.25, -0.2) is 0 Å². The lowest BCUT2D eigenvalue weighted by atomic mass is 9.93. The van der Waals surface area contributed by atoms with Crippen LogP contribution in [0.25, 0.3) is 0 Å². The van der Waals surface area contributed by atoms with Crippen LogP contribution in [0.2, 0.25) is 0 Å². The molecular weight excluding hydrogens is 304 g/mol. The number of ether oxygens (including phenoxy) is 1. The molecule has 134 valence electrons. The summed E-state index contributed by atoms with van der Waals surface area (Å²) in [6.07, 6.45) is 11.1. The fraction of sp³-hybridized carbons (Fsp3) is 0.778. The fourth-order valence-corrected chi connectivity index (χ4v) is 4.18. The number of amides is 1. The minimum Gasteiger partial charge on any atom is -0.375 e. The Labute approximate surface area is 144 Å². The number of nitrogens with zero attached hydrogens (tertiary/aromatic N) is 2. The van der Waals surface area contributed by atoms with Gasteiger partial charge in [0, 0.05) is 19.6 Å². The van der Waals surface area contributed by atoms with E-state index in [0.29, 0.717) is 5.92 Å². The van der Waals surface area contributed by atoms with Crippen molar-refractivity contribution in [3.8, 4) is 0 Å². The predicted octanol–water partition coefficient (Wildman–Crippen LogP) is 2.75. The van der Waals surface area contributed by atoms with E-state index in [-0.39, 0.29) is 12.5 Å². The van der Waals surface area contributed by atoms with Gasteiger partial charge in [-0.15, -0.1) is 0 Å². The van der Waals surface area contributed by atoms with E-state index in [1.54, 1.807) is 6.20 Å². The largest absolute Gasteiger partial charge is 0.375 e. The highest BCUT2D eigenvalue weighted by atomic mass is 16.5. The minimum absolute atomic E-state index is 0.0722. The normalized spacial score (nSPS) is 22.8. The van der Waals surface area contributed by atoms with E-state index in [4.69, 9.17) is 4.74 Å². The van der Waals surface area contributed by atoms with Crippen LogP contribution in [0.15, 0.2) is 6.20 Å². The molecule has 1 aromatic heterocycles. The van der Waals surface area contributed by atoms with E-state index in [2.05, 4.69) is 20.4 Å². The number of hydrogen-bond acceptors (Lipinski definition) is 4. The molecule has 0 radical (unpaired) electrons. The molecule has 2 fully saturated rings. The number of likely N-dealkylation sites (tertiary alicyclic amines) is 1. The SMILES string of the molecule is COCC(=O)Nc1cn[nH]c1C1CCCN(CCC2CCCC2)C1. The van der Waals surface area contributed by atoms with Crippen molar-refractivity contribution in [3.05, 3.63) is 11.9 Å². The summed E-state index contributed by atoms with van der Waals surface area (Å²) in [4.78, 5) is 14.4. The first-order valence-electron chi connectivity index (χ1n) is 9.30. The second kappa shape index (κ2) is 8.62. The summed E-state index contributed by atoms with van der Waals surface area (Å²) in [5.41, 5.74) is 1.87. The Morgan fingerprint density at radius 1 is 1.38 bits per heavy atom. The highest BCUT2D eigenvalue weighted by molar-refractivity contribution is 5.92. The molecule has 6 heteroatoms. The van der Waals surface area contributed by atoms with Crippen molar-refractivity contribution in [2.75, 3.05) is 38.7 Å². The monoisotopic (exact) mass is 334 g/mol. The summed E-state index contributed by atoms with van der Waals surface area (Å²) in [5, 5.41) is 10.2. The average molecular weight is 334 g/mol. The zero-order valence-corrected chi connectivity index (χ0v) is 14.7. The summed E-state index contributed by atoms with van der Waals surface area (Å²) in [6.45, 7) is 3.54. The average Bonchev–Trinajstić information content (AvgIpc) is 3.25. The van der Waals surface area contributed by atoms with Gasteiger partial charge in [0.2, 0.25) is 5.91 Å². The Kier molecular flexibility index (Phi) is 6.26. The van der Waals surface area contributed by atoms with Crippen molar-refractivity contribution in [3.63, 3.8) is 0 Å². The molecule has 6 nitrogen and oxygen atoms in total. The van der Waals surface area contributed by atoms with E-state index < -0.39 is 0 Å². The quantitative estimate of drug-likeness (QED) is 0.804. The molecule has 1 saturated carbocycles. The van der Waals surface area contributed by atoms with Crippen molar-refractivity contribution in [1.29, 1.82) is 0 Å². The maximum atomic E-state index is 11.8. The molecule has 1 aromatic rings. The van der Waals surface area contributed by atoms with Gasteiger partial charge in [-0.1, -0.05) is 25.7 Å². The third-order valence-electron chi connectivity index (χ3n) is 5.46. The number of aromatic amines is 1. The van der Waals surface area contributed by atoms with Gasteiger partial charge < -0.3 is 15.0 Å². The lowest BCUT2D eigenvalue weighted by molar-refractivity contribution is -0.119. The number of aromatic nitrogens is 2. The fourth-order valence-electron chi connectivity index (χ4n) is 4.18. The van der Waals surface area contributed by atoms with Crippen molar-refractivity contribution < 1.29 is 9.53 Å². The van der Waals surface area contributed by atoms with Gasteiger partial charge in [-0.2, -0.15) is 5.10 Å². The lowest BCUT2D eigenvalue weighted by Gasteiger charge is -2.33. The first kappa shape index (κ1) is 17.4.